The third-order valence-corrected chi connectivity index (χ3v) is 8.55. The molecule has 9 nitrogen and oxygen atoms in total. The lowest BCUT2D eigenvalue weighted by atomic mass is 10.0. The van der Waals surface area contributed by atoms with Crippen LogP contribution < -0.4 is 10.6 Å². The average Bonchev–Trinajstić information content (AvgIpc) is 3.37. The number of benzene rings is 1. The van der Waals surface area contributed by atoms with Crippen LogP contribution in [0.15, 0.2) is 29.2 Å². The van der Waals surface area contributed by atoms with E-state index >= 15 is 0 Å². The van der Waals surface area contributed by atoms with E-state index in [1.165, 1.54) is 4.31 Å². The van der Waals surface area contributed by atoms with Gasteiger partial charge < -0.3 is 15.4 Å². The molecule has 1 aliphatic heterocycles. The summed E-state index contributed by atoms with van der Waals surface area (Å²) in [6.07, 6.45) is 2.58. The molecule has 0 spiro atoms. The number of sulfonamides is 1. The maximum Gasteiger partial charge on any atom is 0.407 e. The molecule has 2 heterocycles. The van der Waals surface area contributed by atoms with Gasteiger partial charge in [-0.25, -0.2) is 22.2 Å². The maximum absolute atomic E-state index is 12.8. The Labute approximate surface area is 208 Å². The standard InChI is InChI=1S/C25H37N5O4S/c1-16(2)26-24(31)34-18-11-10-17(14-18)21-15-23(30(28-21)25(3,4)5)27-20-8-7-9-22-19(20)12-13-29(6)35(22,32)33/h7-9,15-18,27H,10-14H2,1-6H3,(H,26,31)/t17-,18+/m0/s1. The zero-order chi connectivity index (χ0) is 25.5. The Bertz CT molecular complexity index is 1200. The number of fused-ring (bicyclic) bond motifs is 1. The Morgan fingerprint density at radius 3 is 2.66 bits per heavy atom. The van der Waals surface area contributed by atoms with Crippen LogP contribution in [-0.2, 0) is 26.7 Å². The lowest BCUT2D eigenvalue weighted by Crippen LogP contribution is -2.34. The van der Waals surface area contributed by atoms with Gasteiger partial charge in [-0.3, -0.25) is 0 Å². The molecule has 1 amide bonds. The van der Waals surface area contributed by atoms with Crippen LogP contribution in [0.1, 0.15) is 71.1 Å². The number of hydrogen-bond acceptors (Lipinski definition) is 6. The van der Waals surface area contributed by atoms with E-state index in [0.29, 0.717) is 17.9 Å². The van der Waals surface area contributed by atoms with Crippen molar-refractivity contribution >= 4 is 27.6 Å². The van der Waals surface area contributed by atoms with Crippen molar-refractivity contribution in [2.75, 3.05) is 18.9 Å². The van der Waals surface area contributed by atoms with Gasteiger partial charge in [0.05, 0.1) is 16.1 Å². The number of likely N-dealkylation sites (N-methyl/N-ethyl adjacent to an activating group) is 1. The Morgan fingerprint density at radius 2 is 1.97 bits per heavy atom. The molecule has 2 atom stereocenters. The Hall–Kier alpha value is -2.59. The minimum absolute atomic E-state index is 0.0370. The van der Waals surface area contributed by atoms with E-state index in [0.717, 1.165) is 42.0 Å². The van der Waals surface area contributed by atoms with E-state index in [1.54, 1.807) is 19.2 Å². The second-order valence-electron chi connectivity index (χ2n) is 10.9. The highest BCUT2D eigenvalue weighted by molar-refractivity contribution is 7.89. The van der Waals surface area contributed by atoms with Crippen LogP contribution in [0.3, 0.4) is 0 Å². The lowest BCUT2D eigenvalue weighted by Gasteiger charge is -2.27. The first kappa shape index (κ1) is 25.5. The molecule has 35 heavy (non-hydrogen) atoms. The van der Waals surface area contributed by atoms with E-state index in [-0.39, 0.29) is 29.7 Å². The van der Waals surface area contributed by atoms with E-state index < -0.39 is 10.0 Å². The molecule has 0 radical (unpaired) electrons. The molecule has 1 aliphatic carbocycles. The van der Waals surface area contributed by atoms with Gasteiger partial charge in [-0.15, -0.1) is 0 Å². The topological polar surface area (TPSA) is 106 Å². The van der Waals surface area contributed by atoms with E-state index in [9.17, 15) is 13.2 Å². The fraction of sp³-hybridized carbons (Fsp3) is 0.600. The predicted octanol–water partition coefficient (Wildman–Crippen LogP) is 4.33. The molecule has 1 saturated carbocycles. The van der Waals surface area contributed by atoms with Crippen molar-refractivity contribution in [2.24, 2.45) is 0 Å². The molecule has 0 bridgehead atoms. The summed E-state index contributed by atoms with van der Waals surface area (Å²) in [4.78, 5) is 12.4. The molecule has 192 valence electrons. The highest BCUT2D eigenvalue weighted by Crippen LogP contribution is 2.39. The van der Waals surface area contributed by atoms with Crippen LogP contribution in [0.5, 0.6) is 0 Å². The van der Waals surface area contributed by atoms with Gasteiger partial charge in [0.15, 0.2) is 0 Å². The molecule has 1 aromatic carbocycles. The number of nitrogens with zero attached hydrogens (tertiary/aromatic N) is 3. The molecule has 1 aromatic heterocycles. The van der Waals surface area contributed by atoms with Gasteiger partial charge in [-0.05, 0) is 78.0 Å². The first-order chi connectivity index (χ1) is 16.4. The molecule has 2 aromatic rings. The minimum atomic E-state index is -3.48. The van der Waals surface area contributed by atoms with Crippen molar-refractivity contribution in [3.63, 3.8) is 0 Å². The van der Waals surface area contributed by atoms with Gasteiger partial charge in [-0.2, -0.15) is 5.10 Å². The van der Waals surface area contributed by atoms with E-state index in [2.05, 4.69) is 37.5 Å². The third-order valence-electron chi connectivity index (χ3n) is 6.61. The summed E-state index contributed by atoms with van der Waals surface area (Å²) < 4.78 is 34.6. The monoisotopic (exact) mass is 503 g/mol. The summed E-state index contributed by atoms with van der Waals surface area (Å²) in [5.41, 5.74) is 2.26. The second-order valence-corrected chi connectivity index (χ2v) is 12.9. The van der Waals surface area contributed by atoms with Crippen LogP contribution in [0, 0.1) is 0 Å². The van der Waals surface area contributed by atoms with Crippen molar-refractivity contribution in [1.82, 2.24) is 19.4 Å². The van der Waals surface area contributed by atoms with Gasteiger partial charge in [0.1, 0.15) is 11.9 Å². The summed E-state index contributed by atoms with van der Waals surface area (Å²) in [6, 6.07) is 7.46. The van der Waals surface area contributed by atoms with Crippen LogP contribution in [0.25, 0.3) is 0 Å². The van der Waals surface area contributed by atoms with Crippen molar-refractivity contribution in [3.05, 3.63) is 35.5 Å². The van der Waals surface area contributed by atoms with Gasteiger partial charge in [0.25, 0.3) is 0 Å². The largest absolute Gasteiger partial charge is 0.446 e. The lowest BCUT2D eigenvalue weighted by molar-refractivity contribution is 0.0981. The molecule has 1 fully saturated rings. The molecule has 2 aliphatic rings. The fourth-order valence-corrected chi connectivity index (χ4v) is 6.26. The van der Waals surface area contributed by atoms with Crippen molar-refractivity contribution in [3.8, 4) is 0 Å². The number of alkyl carbamates (subject to hydrolysis) is 1. The van der Waals surface area contributed by atoms with Crippen LogP contribution >= 0.6 is 0 Å². The normalized spacial score (nSPS) is 22.1. The summed E-state index contributed by atoms with van der Waals surface area (Å²) >= 11 is 0. The highest BCUT2D eigenvalue weighted by atomic mass is 32.2. The number of aromatic nitrogens is 2. The number of carbonyl (C=O) groups is 1. The first-order valence-corrected chi connectivity index (χ1v) is 13.7. The van der Waals surface area contributed by atoms with E-state index in [4.69, 9.17) is 9.84 Å². The Morgan fingerprint density at radius 1 is 1.23 bits per heavy atom. The third kappa shape index (κ3) is 5.33. The number of amides is 1. The van der Waals surface area contributed by atoms with Gasteiger partial charge >= 0.3 is 6.09 Å². The summed E-state index contributed by atoms with van der Waals surface area (Å²) in [7, 11) is -1.87. The summed E-state index contributed by atoms with van der Waals surface area (Å²) in [5.74, 6) is 1.01. The van der Waals surface area contributed by atoms with Gasteiger partial charge in [-0.1, -0.05) is 6.07 Å². The van der Waals surface area contributed by atoms with Crippen LogP contribution in [0.2, 0.25) is 0 Å². The second kappa shape index (κ2) is 9.46. The van der Waals surface area contributed by atoms with Gasteiger partial charge in [0.2, 0.25) is 10.0 Å². The number of carbonyl (C=O) groups excluding carboxylic acids is 1. The number of ether oxygens (including phenoxy) is 1. The minimum Gasteiger partial charge on any atom is -0.446 e. The molecule has 0 unspecified atom stereocenters. The number of anilines is 2. The molecule has 2 N–H and O–H groups in total. The number of rotatable bonds is 5. The highest BCUT2D eigenvalue weighted by Gasteiger charge is 2.33. The van der Waals surface area contributed by atoms with Crippen molar-refractivity contribution in [1.29, 1.82) is 0 Å². The zero-order valence-corrected chi connectivity index (χ0v) is 22.3. The van der Waals surface area contributed by atoms with Crippen molar-refractivity contribution < 1.29 is 17.9 Å². The predicted molar refractivity (Wildman–Crippen MR) is 136 cm³/mol. The SMILES string of the molecule is CC(C)NC(=O)O[C@@H]1CC[C@H](c2cc(Nc3cccc4c3CCN(C)S4(=O)=O)n(C(C)(C)C)n2)C1. The zero-order valence-electron chi connectivity index (χ0n) is 21.5. The average molecular weight is 504 g/mol. The maximum atomic E-state index is 12.8. The van der Waals surface area contributed by atoms with E-state index in [1.807, 2.05) is 24.6 Å². The molecular weight excluding hydrogens is 466 g/mol. The number of hydrogen-bond donors (Lipinski definition) is 2. The van der Waals surface area contributed by atoms with Crippen LogP contribution in [0.4, 0.5) is 16.3 Å². The first-order valence-electron chi connectivity index (χ1n) is 12.3. The Kier molecular flexibility index (Phi) is 6.89. The molecular formula is C25H37N5O4S. The van der Waals surface area contributed by atoms with Crippen LogP contribution in [-0.4, -0.2) is 54.3 Å². The molecule has 0 saturated heterocycles. The number of nitrogens with one attached hydrogen (secondary N) is 2. The van der Waals surface area contributed by atoms with Gasteiger partial charge in [0, 0.05) is 37.3 Å². The quantitative estimate of drug-likeness (QED) is 0.629. The smallest absolute Gasteiger partial charge is 0.407 e. The molecule has 4 rings (SSSR count). The summed E-state index contributed by atoms with van der Waals surface area (Å²) in [5, 5.41) is 11.2. The fourth-order valence-electron chi connectivity index (χ4n) is 4.81. The Balaban J connectivity index is 1.59. The van der Waals surface area contributed by atoms with Crippen molar-refractivity contribution in [2.45, 2.75) is 88.8 Å². The molecule has 10 heteroatoms. The summed E-state index contributed by atoms with van der Waals surface area (Å²) in [6.45, 7) is 10.5.